The molecule has 0 aliphatic rings. The van der Waals surface area contributed by atoms with Crippen LogP contribution < -0.4 is 4.74 Å². The zero-order valence-electron chi connectivity index (χ0n) is 12.6. The molecule has 0 aliphatic heterocycles. The van der Waals surface area contributed by atoms with Gasteiger partial charge in [0.1, 0.15) is 5.75 Å². The number of benzene rings is 2. The predicted molar refractivity (Wildman–Crippen MR) is 96.6 cm³/mol. The van der Waals surface area contributed by atoms with Gasteiger partial charge in [-0.25, -0.2) is 5.10 Å². The molecular formula is C16H11BrF2N4OS. The molecule has 0 fully saturated rings. The van der Waals surface area contributed by atoms with Crippen LogP contribution in [-0.4, -0.2) is 27.7 Å². The lowest BCUT2D eigenvalue weighted by atomic mass is 10.2. The number of alkyl halides is 2. The van der Waals surface area contributed by atoms with Crippen molar-refractivity contribution in [3.05, 3.63) is 63.3 Å². The van der Waals surface area contributed by atoms with Crippen molar-refractivity contribution in [1.82, 2.24) is 14.9 Å². The van der Waals surface area contributed by atoms with Crippen molar-refractivity contribution in [2.75, 3.05) is 0 Å². The van der Waals surface area contributed by atoms with Crippen LogP contribution in [0.25, 0.3) is 11.4 Å². The van der Waals surface area contributed by atoms with E-state index in [1.54, 1.807) is 18.3 Å². The van der Waals surface area contributed by atoms with Gasteiger partial charge in [0.05, 0.1) is 6.21 Å². The minimum Gasteiger partial charge on any atom is -0.435 e. The van der Waals surface area contributed by atoms with Crippen molar-refractivity contribution in [1.29, 1.82) is 0 Å². The highest BCUT2D eigenvalue weighted by atomic mass is 79.9. The van der Waals surface area contributed by atoms with E-state index in [9.17, 15) is 8.78 Å². The van der Waals surface area contributed by atoms with E-state index in [0.29, 0.717) is 16.2 Å². The molecule has 0 unspecified atom stereocenters. The lowest BCUT2D eigenvalue weighted by molar-refractivity contribution is -0.0498. The molecule has 5 nitrogen and oxygen atoms in total. The molecule has 1 aromatic heterocycles. The fraction of sp³-hybridized carbons (Fsp3) is 0.0625. The average molecular weight is 425 g/mol. The average Bonchev–Trinajstić information content (AvgIpc) is 2.95. The van der Waals surface area contributed by atoms with Gasteiger partial charge in [-0.1, -0.05) is 34.1 Å². The van der Waals surface area contributed by atoms with Gasteiger partial charge in [-0.3, -0.25) is 0 Å². The first-order chi connectivity index (χ1) is 12.0. The van der Waals surface area contributed by atoms with Crippen LogP contribution in [0.4, 0.5) is 8.78 Å². The van der Waals surface area contributed by atoms with Crippen LogP contribution in [0.5, 0.6) is 5.75 Å². The van der Waals surface area contributed by atoms with Gasteiger partial charge in [-0.15, -0.1) is 0 Å². The highest BCUT2D eigenvalue weighted by Crippen LogP contribution is 2.22. The Bertz CT molecular complexity index is 953. The molecule has 0 spiro atoms. The maximum Gasteiger partial charge on any atom is 0.387 e. The van der Waals surface area contributed by atoms with E-state index < -0.39 is 6.61 Å². The number of aromatic nitrogens is 3. The topological polar surface area (TPSA) is 55.2 Å². The number of rotatable bonds is 5. The summed E-state index contributed by atoms with van der Waals surface area (Å²) in [5.41, 5.74) is 1.52. The van der Waals surface area contributed by atoms with E-state index in [0.717, 1.165) is 10.0 Å². The zero-order chi connectivity index (χ0) is 17.8. The minimum atomic E-state index is -2.87. The third-order valence-electron chi connectivity index (χ3n) is 3.21. The van der Waals surface area contributed by atoms with Gasteiger partial charge in [0.2, 0.25) is 4.77 Å². The summed E-state index contributed by atoms with van der Waals surface area (Å²) in [7, 11) is 0. The van der Waals surface area contributed by atoms with Gasteiger partial charge in [0, 0.05) is 15.6 Å². The smallest absolute Gasteiger partial charge is 0.387 e. The Morgan fingerprint density at radius 3 is 2.60 bits per heavy atom. The molecule has 0 amide bonds. The van der Waals surface area contributed by atoms with Crippen LogP contribution in [-0.2, 0) is 0 Å². The Labute approximate surface area is 155 Å². The SMILES string of the molecule is FC(F)Oc1ccc(-c2n[nH]c(=S)n2N=Cc2ccccc2Br)cc1. The van der Waals surface area contributed by atoms with Crippen LogP contribution in [0.15, 0.2) is 58.1 Å². The molecule has 0 bridgehead atoms. The summed E-state index contributed by atoms with van der Waals surface area (Å²) >= 11 is 8.64. The Balaban J connectivity index is 1.92. The summed E-state index contributed by atoms with van der Waals surface area (Å²) in [4.78, 5) is 0. The van der Waals surface area contributed by atoms with Crippen molar-refractivity contribution in [3.63, 3.8) is 0 Å². The second-order valence-corrected chi connectivity index (χ2v) is 6.07. The van der Waals surface area contributed by atoms with E-state index >= 15 is 0 Å². The predicted octanol–water partition coefficient (Wildman–Crippen LogP) is 4.85. The lowest BCUT2D eigenvalue weighted by Crippen LogP contribution is -2.01. The number of H-pyrrole nitrogens is 1. The number of aromatic amines is 1. The number of ether oxygens (including phenoxy) is 1. The molecule has 2 aromatic carbocycles. The molecule has 0 saturated carbocycles. The van der Waals surface area contributed by atoms with E-state index in [4.69, 9.17) is 12.2 Å². The standard InChI is InChI=1S/C16H11BrF2N4OS/c17-13-4-2-1-3-11(13)9-20-23-14(21-22-16(23)25)10-5-7-12(8-6-10)24-15(18)19/h1-9,15H,(H,22,25). The number of hydrogen-bond acceptors (Lipinski definition) is 4. The molecule has 0 atom stereocenters. The van der Waals surface area contributed by atoms with Crippen LogP contribution in [0, 0.1) is 4.77 Å². The first-order valence-corrected chi connectivity index (χ1v) is 8.26. The second kappa shape index (κ2) is 7.66. The van der Waals surface area contributed by atoms with Gasteiger partial charge in [-0.2, -0.15) is 23.7 Å². The largest absolute Gasteiger partial charge is 0.435 e. The number of nitrogens with zero attached hydrogens (tertiary/aromatic N) is 3. The van der Waals surface area contributed by atoms with Gasteiger partial charge in [-0.05, 0) is 42.5 Å². The Morgan fingerprint density at radius 1 is 1.20 bits per heavy atom. The monoisotopic (exact) mass is 424 g/mol. The van der Waals surface area contributed by atoms with Crippen molar-refractivity contribution < 1.29 is 13.5 Å². The number of nitrogens with one attached hydrogen (secondary N) is 1. The van der Waals surface area contributed by atoms with Crippen LogP contribution in [0.3, 0.4) is 0 Å². The summed E-state index contributed by atoms with van der Waals surface area (Å²) in [6.07, 6.45) is 1.65. The summed E-state index contributed by atoms with van der Waals surface area (Å²) in [6.45, 7) is -2.87. The molecule has 1 heterocycles. The van der Waals surface area contributed by atoms with Gasteiger partial charge >= 0.3 is 6.61 Å². The van der Waals surface area contributed by atoms with Crippen molar-refractivity contribution >= 4 is 34.4 Å². The first kappa shape index (κ1) is 17.4. The van der Waals surface area contributed by atoms with Crippen LogP contribution in [0.1, 0.15) is 5.56 Å². The van der Waals surface area contributed by atoms with Crippen LogP contribution in [0.2, 0.25) is 0 Å². The number of halogens is 3. The first-order valence-electron chi connectivity index (χ1n) is 7.06. The fourth-order valence-electron chi connectivity index (χ4n) is 2.07. The third kappa shape index (κ3) is 4.18. The normalized spacial score (nSPS) is 11.4. The summed E-state index contributed by atoms with van der Waals surface area (Å²) in [5.74, 6) is 0.521. The second-order valence-electron chi connectivity index (χ2n) is 4.83. The summed E-state index contributed by atoms with van der Waals surface area (Å²) < 4.78 is 31.4. The highest BCUT2D eigenvalue weighted by Gasteiger charge is 2.10. The third-order valence-corrected chi connectivity index (χ3v) is 4.19. The Hall–Kier alpha value is -2.39. The van der Waals surface area contributed by atoms with E-state index in [2.05, 4.69) is 36.0 Å². The van der Waals surface area contributed by atoms with Gasteiger partial charge in [0.15, 0.2) is 5.82 Å². The Morgan fingerprint density at radius 2 is 1.92 bits per heavy atom. The highest BCUT2D eigenvalue weighted by molar-refractivity contribution is 9.10. The van der Waals surface area contributed by atoms with Crippen molar-refractivity contribution in [2.24, 2.45) is 5.10 Å². The van der Waals surface area contributed by atoms with Crippen molar-refractivity contribution in [2.45, 2.75) is 6.61 Å². The van der Waals surface area contributed by atoms with E-state index in [-0.39, 0.29) is 5.75 Å². The quantitative estimate of drug-likeness (QED) is 0.470. The fourth-order valence-corrected chi connectivity index (χ4v) is 2.64. The van der Waals surface area contributed by atoms with Crippen LogP contribution >= 0.6 is 28.1 Å². The molecule has 3 aromatic rings. The summed E-state index contributed by atoms with van der Waals surface area (Å²) in [6, 6.07) is 13.7. The molecule has 9 heteroatoms. The molecule has 3 rings (SSSR count). The molecule has 128 valence electrons. The van der Waals surface area contributed by atoms with Gasteiger partial charge < -0.3 is 4.74 Å². The lowest BCUT2D eigenvalue weighted by Gasteiger charge is -2.05. The molecule has 1 N–H and O–H groups in total. The van der Waals surface area contributed by atoms with Crippen molar-refractivity contribution in [3.8, 4) is 17.1 Å². The molecular weight excluding hydrogens is 414 g/mol. The van der Waals surface area contributed by atoms with E-state index in [1.807, 2.05) is 24.3 Å². The Kier molecular flexibility index (Phi) is 5.34. The maximum atomic E-state index is 12.2. The molecule has 0 saturated heterocycles. The number of hydrogen-bond donors (Lipinski definition) is 1. The molecule has 25 heavy (non-hydrogen) atoms. The van der Waals surface area contributed by atoms with E-state index in [1.165, 1.54) is 16.8 Å². The minimum absolute atomic E-state index is 0.0659. The maximum absolute atomic E-state index is 12.2. The zero-order valence-corrected chi connectivity index (χ0v) is 15.0. The van der Waals surface area contributed by atoms with Gasteiger partial charge in [0.25, 0.3) is 0 Å². The molecule has 0 radical (unpaired) electrons. The summed E-state index contributed by atoms with van der Waals surface area (Å²) in [5, 5.41) is 11.2. The molecule has 0 aliphatic carbocycles.